The van der Waals surface area contributed by atoms with Crippen LogP contribution in [0.25, 0.3) is 22.4 Å². The Bertz CT molecular complexity index is 790. The molecule has 0 radical (unpaired) electrons. The average molecular weight is 281 g/mol. The van der Waals surface area contributed by atoms with E-state index >= 15 is 0 Å². The molecule has 0 fully saturated rings. The number of nitrogens with zero attached hydrogens (tertiary/aromatic N) is 2. The second-order valence-electron chi connectivity index (χ2n) is 5.44. The van der Waals surface area contributed by atoms with Gasteiger partial charge in [-0.3, -0.25) is 0 Å². The first kappa shape index (κ1) is 13.6. The van der Waals surface area contributed by atoms with Crippen LogP contribution in [-0.2, 0) is 0 Å². The topological polar surface area (TPSA) is 51.0 Å². The fourth-order valence-corrected chi connectivity index (χ4v) is 2.45. The number of rotatable bonds is 3. The summed E-state index contributed by atoms with van der Waals surface area (Å²) < 4.78 is 5.83. The van der Waals surface area contributed by atoms with E-state index in [2.05, 4.69) is 24.1 Å². The van der Waals surface area contributed by atoms with Crippen LogP contribution in [0, 0.1) is 6.92 Å². The van der Waals surface area contributed by atoms with Gasteiger partial charge in [-0.15, -0.1) is 0 Å². The van der Waals surface area contributed by atoms with Crippen molar-refractivity contribution < 1.29 is 4.42 Å². The van der Waals surface area contributed by atoms with Crippen molar-refractivity contribution >= 4 is 16.8 Å². The highest BCUT2D eigenvalue weighted by Crippen LogP contribution is 2.33. The Morgan fingerprint density at radius 2 is 1.90 bits per heavy atom. The standard InChI is InChI=1S/C17H19N3O/c1-10(2)13-9-15(18-4)20-17(19-13)16-11(3)21-14-8-6-5-7-12(14)16/h5-10H,1-4H3,(H,18,19,20). The van der Waals surface area contributed by atoms with Gasteiger partial charge in [-0.05, 0) is 18.9 Å². The number of aromatic nitrogens is 2. The number of nitrogens with one attached hydrogen (secondary N) is 1. The van der Waals surface area contributed by atoms with Crippen LogP contribution in [0.2, 0.25) is 0 Å². The Kier molecular flexibility index (Phi) is 3.37. The Morgan fingerprint density at radius 3 is 2.62 bits per heavy atom. The van der Waals surface area contributed by atoms with Crippen LogP contribution in [-0.4, -0.2) is 17.0 Å². The van der Waals surface area contributed by atoms with Crippen LogP contribution in [0.5, 0.6) is 0 Å². The molecule has 0 saturated carbocycles. The molecule has 3 rings (SSSR count). The van der Waals surface area contributed by atoms with Gasteiger partial charge < -0.3 is 9.73 Å². The number of anilines is 1. The first-order valence-electron chi connectivity index (χ1n) is 7.15. The van der Waals surface area contributed by atoms with Crippen LogP contribution in [0.15, 0.2) is 34.7 Å². The molecule has 21 heavy (non-hydrogen) atoms. The molecule has 0 amide bonds. The van der Waals surface area contributed by atoms with E-state index in [1.807, 2.05) is 44.3 Å². The third-order valence-electron chi connectivity index (χ3n) is 3.59. The number of fused-ring (bicyclic) bond motifs is 1. The zero-order valence-corrected chi connectivity index (χ0v) is 12.8. The van der Waals surface area contributed by atoms with Crippen LogP contribution in [0.4, 0.5) is 5.82 Å². The Morgan fingerprint density at radius 1 is 1.14 bits per heavy atom. The molecular weight excluding hydrogens is 262 g/mol. The molecule has 4 nitrogen and oxygen atoms in total. The van der Waals surface area contributed by atoms with Crippen molar-refractivity contribution in [3.63, 3.8) is 0 Å². The molecule has 0 aliphatic rings. The minimum atomic E-state index is 0.345. The van der Waals surface area contributed by atoms with Gasteiger partial charge in [-0.25, -0.2) is 9.97 Å². The van der Waals surface area contributed by atoms with Gasteiger partial charge in [0.1, 0.15) is 17.2 Å². The van der Waals surface area contributed by atoms with E-state index in [1.54, 1.807) is 0 Å². The molecule has 0 aliphatic heterocycles. The van der Waals surface area contributed by atoms with Crippen LogP contribution in [0.3, 0.4) is 0 Å². The van der Waals surface area contributed by atoms with Gasteiger partial charge in [0.2, 0.25) is 0 Å². The van der Waals surface area contributed by atoms with E-state index < -0.39 is 0 Å². The lowest BCUT2D eigenvalue weighted by atomic mass is 10.1. The first-order chi connectivity index (χ1) is 10.1. The van der Waals surface area contributed by atoms with E-state index in [1.165, 1.54) is 0 Å². The lowest BCUT2D eigenvalue weighted by molar-refractivity contribution is 0.579. The van der Waals surface area contributed by atoms with E-state index in [9.17, 15) is 0 Å². The number of furan rings is 1. The van der Waals surface area contributed by atoms with Gasteiger partial charge >= 0.3 is 0 Å². The number of hydrogen-bond donors (Lipinski definition) is 1. The van der Waals surface area contributed by atoms with Crippen LogP contribution >= 0.6 is 0 Å². The molecule has 1 aromatic carbocycles. The summed E-state index contributed by atoms with van der Waals surface area (Å²) in [5.74, 6) is 2.73. The summed E-state index contributed by atoms with van der Waals surface area (Å²) in [6.45, 7) is 6.22. The number of hydrogen-bond acceptors (Lipinski definition) is 4. The Hall–Kier alpha value is -2.36. The zero-order valence-electron chi connectivity index (χ0n) is 12.8. The minimum absolute atomic E-state index is 0.345. The summed E-state index contributed by atoms with van der Waals surface area (Å²) in [4.78, 5) is 9.33. The normalized spacial score (nSPS) is 11.3. The van der Waals surface area contributed by atoms with E-state index in [0.29, 0.717) is 11.7 Å². The first-order valence-corrected chi connectivity index (χ1v) is 7.15. The largest absolute Gasteiger partial charge is 0.461 e. The second kappa shape index (κ2) is 5.20. The maximum absolute atomic E-state index is 5.83. The minimum Gasteiger partial charge on any atom is -0.461 e. The van der Waals surface area contributed by atoms with E-state index in [-0.39, 0.29) is 0 Å². The fourth-order valence-electron chi connectivity index (χ4n) is 2.45. The average Bonchev–Trinajstić information content (AvgIpc) is 2.82. The smallest absolute Gasteiger partial charge is 0.165 e. The van der Waals surface area contributed by atoms with Crippen molar-refractivity contribution in [2.75, 3.05) is 12.4 Å². The SMILES string of the molecule is CNc1cc(C(C)C)nc(-c2c(C)oc3ccccc23)n1. The van der Waals surface area contributed by atoms with Gasteiger partial charge in [-0.2, -0.15) is 0 Å². The third-order valence-corrected chi connectivity index (χ3v) is 3.59. The molecule has 4 heteroatoms. The molecule has 2 heterocycles. The number of para-hydroxylation sites is 1. The number of benzene rings is 1. The summed E-state index contributed by atoms with van der Waals surface area (Å²) in [6.07, 6.45) is 0. The van der Waals surface area contributed by atoms with Gasteiger partial charge in [0.25, 0.3) is 0 Å². The second-order valence-corrected chi connectivity index (χ2v) is 5.44. The third kappa shape index (κ3) is 2.37. The molecule has 1 N–H and O–H groups in total. The molecular formula is C17H19N3O. The van der Waals surface area contributed by atoms with E-state index in [0.717, 1.165) is 33.8 Å². The highest BCUT2D eigenvalue weighted by molar-refractivity contribution is 5.93. The van der Waals surface area contributed by atoms with Crippen LogP contribution in [0.1, 0.15) is 31.2 Å². The Balaban J connectivity index is 2.27. The number of aryl methyl sites for hydroxylation is 1. The van der Waals surface area contributed by atoms with Crippen molar-refractivity contribution in [1.29, 1.82) is 0 Å². The van der Waals surface area contributed by atoms with Gasteiger partial charge in [0, 0.05) is 24.2 Å². The van der Waals surface area contributed by atoms with Crippen molar-refractivity contribution in [2.45, 2.75) is 26.7 Å². The predicted octanol–water partition coefficient (Wildman–Crippen LogP) is 4.36. The van der Waals surface area contributed by atoms with Crippen molar-refractivity contribution in [3.8, 4) is 11.4 Å². The molecule has 0 saturated heterocycles. The van der Waals surface area contributed by atoms with Crippen LogP contribution < -0.4 is 5.32 Å². The molecule has 2 aromatic heterocycles. The monoisotopic (exact) mass is 281 g/mol. The molecule has 0 spiro atoms. The molecule has 0 atom stereocenters. The highest BCUT2D eigenvalue weighted by Gasteiger charge is 2.17. The Labute approximate surface area is 124 Å². The maximum Gasteiger partial charge on any atom is 0.165 e. The summed E-state index contributed by atoms with van der Waals surface area (Å²) in [5.41, 5.74) is 2.87. The molecule has 3 aromatic rings. The summed E-state index contributed by atoms with van der Waals surface area (Å²) in [5, 5.41) is 4.16. The maximum atomic E-state index is 5.83. The van der Waals surface area contributed by atoms with Gasteiger partial charge in [0.05, 0.1) is 5.56 Å². The summed E-state index contributed by atoms with van der Waals surface area (Å²) in [7, 11) is 1.87. The molecule has 0 unspecified atom stereocenters. The van der Waals surface area contributed by atoms with Crippen molar-refractivity contribution in [3.05, 3.63) is 41.8 Å². The highest BCUT2D eigenvalue weighted by atomic mass is 16.3. The summed E-state index contributed by atoms with van der Waals surface area (Å²) >= 11 is 0. The lowest BCUT2D eigenvalue weighted by Crippen LogP contribution is -2.02. The van der Waals surface area contributed by atoms with Gasteiger partial charge in [0.15, 0.2) is 5.82 Å². The molecule has 108 valence electrons. The quantitative estimate of drug-likeness (QED) is 0.774. The molecule has 0 bridgehead atoms. The zero-order chi connectivity index (χ0) is 15.0. The van der Waals surface area contributed by atoms with E-state index in [4.69, 9.17) is 9.40 Å². The summed E-state index contributed by atoms with van der Waals surface area (Å²) in [6, 6.07) is 9.99. The lowest BCUT2D eigenvalue weighted by Gasteiger charge is -2.10. The van der Waals surface area contributed by atoms with Gasteiger partial charge in [-0.1, -0.05) is 32.0 Å². The van der Waals surface area contributed by atoms with Crippen molar-refractivity contribution in [2.24, 2.45) is 0 Å². The fraction of sp³-hybridized carbons (Fsp3) is 0.294. The van der Waals surface area contributed by atoms with Crippen molar-refractivity contribution in [1.82, 2.24) is 9.97 Å². The molecule has 0 aliphatic carbocycles. The predicted molar refractivity (Wildman–Crippen MR) is 85.6 cm³/mol.